The smallest absolute Gasteiger partial charge is 0.335 e. The Bertz CT molecular complexity index is 1320. The predicted octanol–water partition coefficient (Wildman–Crippen LogP) is 4.54. The number of phenols is 1. The second-order valence-electron chi connectivity index (χ2n) is 7.75. The quantitative estimate of drug-likeness (QED) is 0.445. The molecule has 1 atom stereocenters. The van der Waals surface area contributed by atoms with Gasteiger partial charge >= 0.3 is 5.97 Å². The first kappa shape index (κ1) is 19.6. The van der Waals surface area contributed by atoms with Crippen LogP contribution >= 0.6 is 0 Å². The number of aryl methyl sites for hydroxylation is 1. The number of fused-ring (bicyclic) bond motifs is 1. The minimum Gasteiger partial charge on any atom is -0.508 e. The molecule has 4 aromatic rings. The molecule has 0 aliphatic carbocycles. The van der Waals surface area contributed by atoms with Crippen molar-refractivity contribution < 1.29 is 19.8 Å². The van der Waals surface area contributed by atoms with Crippen LogP contribution in [0.4, 0.5) is 5.69 Å². The zero-order valence-electron chi connectivity index (χ0n) is 17.1. The number of aromatic nitrogens is 2. The van der Waals surface area contributed by atoms with Gasteiger partial charge in [0.2, 0.25) is 0 Å². The molecule has 0 unspecified atom stereocenters. The number of anilines is 1. The molecular weight excluding hydrogens is 406 g/mol. The molecule has 1 amide bonds. The number of amides is 1. The summed E-state index contributed by atoms with van der Waals surface area (Å²) in [7, 11) is 0. The number of carboxylic acids is 1. The Labute approximate surface area is 183 Å². The summed E-state index contributed by atoms with van der Waals surface area (Å²) < 4.78 is 0. The first-order chi connectivity index (χ1) is 15.4. The van der Waals surface area contributed by atoms with Gasteiger partial charge in [-0.05, 0) is 48.9 Å². The molecule has 0 fully saturated rings. The van der Waals surface area contributed by atoms with E-state index in [0.29, 0.717) is 17.1 Å². The fourth-order valence-electron chi connectivity index (χ4n) is 4.08. The molecule has 1 aliphatic rings. The molecular formula is C25H19N3O4. The third-order valence-electron chi connectivity index (χ3n) is 5.69. The van der Waals surface area contributed by atoms with Crippen molar-refractivity contribution in [3.05, 3.63) is 101 Å². The summed E-state index contributed by atoms with van der Waals surface area (Å²) in [5.41, 5.74) is 5.32. The number of rotatable bonds is 4. The normalized spacial score (nSPS) is 15.1. The molecule has 5 rings (SSSR count). The minimum atomic E-state index is -1.03. The van der Waals surface area contributed by atoms with Crippen molar-refractivity contribution in [1.29, 1.82) is 0 Å². The van der Waals surface area contributed by atoms with Crippen molar-refractivity contribution in [2.24, 2.45) is 0 Å². The summed E-state index contributed by atoms with van der Waals surface area (Å²) in [6, 6.07) is 20.3. The lowest BCUT2D eigenvalue weighted by atomic mass is 9.95. The number of hydrogen-bond donors (Lipinski definition) is 3. The van der Waals surface area contributed by atoms with Crippen LogP contribution < -0.4 is 4.90 Å². The van der Waals surface area contributed by atoms with E-state index in [1.165, 1.54) is 12.1 Å². The van der Waals surface area contributed by atoms with Gasteiger partial charge in [0.15, 0.2) is 0 Å². The number of aromatic carboxylic acids is 1. The maximum atomic E-state index is 13.5. The Morgan fingerprint density at radius 2 is 1.62 bits per heavy atom. The first-order valence-electron chi connectivity index (χ1n) is 10.0. The van der Waals surface area contributed by atoms with Crippen molar-refractivity contribution in [3.63, 3.8) is 0 Å². The third kappa shape index (κ3) is 3.11. The highest BCUT2D eigenvalue weighted by atomic mass is 16.4. The molecule has 1 aromatic heterocycles. The van der Waals surface area contributed by atoms with Gasteiger partial charge in [-0.15, -0.1) is 0 Å². The molecule has 158 valence electrons. The molecule has 1 aliphatic heterocycles. The number of aromatic amines is 1. The highest BCUT2D eigenvalue weighted by Gasteiger charge is 2.43. The minimum absolute atomic E-state index is 0.126. The van der Waals surface area contributed by atoms with E-state index < -0.39 is 12.0 Å². The number of phenolic OH excluding ortho intramolecular Hbond substituents is 1. The Morgan fingerprint density at radius 1 is 0.969 bits per heavy atom. The Balaban J connectivity index is 1.68. The van der Waals surface area contributed by atoms with Gasteiger partial charge in [-0.2, -0.15) is 5.10 Å². The van der Waals surface area contributed by atoms with Gasteiger partial charge in [-0.3, -0.25) is 14.8 Å². The van der Waals surface area contributed by atoms with Gasteiger partial charge in [0.05, 0.1) is 17.3 Å². The van der Waals surface area contributed by atoms with Crippen molar-refractivity contribution >= 4 is 17.6 Å². The van der Waals surface area contributed by atoms with Crippen molar-refractivity contribution in [2.75, 3.05) is 4.90 Å². The number of H-pyrrole nitrogens is 1. The molecule has 3 N–H and O–H groups in total. The van der Waals surface area contributed by atoms with Crippen LogP contribution in [0.3, 0.4) is 0 Å². The Hall–Kier alpha value is -4.39. The summed E-state index contributed by atoms with van der Waals surface area (Å²) in [6.07, 6.45) is 0. The highest BCUT2D eigenvalue weighted by Crippen LogP contribution is 2.45. The van der Waals surface area contributed by atoms with Gasteiger partial charge < -0.3 is 10.2 Å². The summed E-state index contributed by atoms with van der Waals surface area (Å²) in [4.78, 5) is 26.3. The maximum Gasteiger partial charge on any atom is 0.335 e. The highest BCUT2D eigenvalue weighted by molar-refractivity contribution is 6.11. The summed E-state index contributed by atoms with van der Waals surface area (Å²) in [5, 5.41) is 26.4. The molecule has 2 heterocycles. The van der Waals surface area contributed by atoms with Crippen LogP contribution in [-0.4, -0.2) is 32.3 Å². The van der Waals surface area contributed by atoms with Gasteiger partial charge in [-0.1, -0.05) is 42.0 Å². The van der Waals surface area contributed by atoms with Crippen molar-refractivity contribution in [3.8, 4) is 17.0 Å². The van der Waals surface area contributed by atoms with Crippen molar-refractivity contribution in [2.45, 2.75) is 13.0 Å². The van der Waals surface area contributed by atoms with E-state index in [9.17, 15) is 19.8 Å². The second-order valence-corrected chi connectivity index (χ2v) is 7.75. The summed E-state index contributed by atoms with van der Waals surface area (Å²) >= 11 is 0. The molecule has 0 spiro atoms. The lowest BCUT2D eigenvalue weighted by Gasteiger charge is -2.26. The monoisotopic (exact) mass is 425 g/mol. The number of carbonyl (C=O) groups excluding carboxylic acids is 1. The van der Waals surface area contributed by atoms with E-state index in [2.05, 4.69) is 10.2 Å². The van der Waals surface area contributed by atoms with E-state index in [4.69, 9.17) is 0 Å². The number of nitrogens with zero attached hydrogens (tertiary/aromatic N) is 2. The summed E-state index contributed by atoms with van der Waals surface area (Å²) in [6.45, 7) is 2.00. The van der Waals surface area contributed by atoms with Crippen LogP contribution in [0.15, 0.2) is 72.8 Å². The molecule has 0 saturated heterocycles. The number of nitrogens with one attached hydrogen (secondary N) is 1. The Kier molecular flexibility index (Phi) is 4.52. The Morgan fingerprint density at radius 3 is 2.25 bits per heavy atom. The van der Waals surface area contributed by atoms with E-state index in [0.717, 1.165) is 22.3 Å². The number of benzene rings is 3. The molecule has 0 radical (unpaired) electrons. The zero-order chi connectivity index (χ0) is 22.4. The second kappa shape index (κ2) is 7.39. The van der Waals surface area contributed by atoms with Gasteiger partial charge in [0.1, 0.15) is 11.4 Å². The van der Waals surface area contributed by atoms with Gasteiger partial charge in [0.25, 0.3) is 5.91 Å². The number of carbonyl (C=O) groups is 2. The molecule has 32 heavy (non-hydrogen) atoms. The maximum absolute atomic E-state index is 13.5. The van der Waals surface area contributed by atoms with Gasteiger partial charge in [-0.25, -0.2) is 4.79 Å². The molecule has 0 bridgehead atoms. The fourth-order valence-corrected chi connectivity index (χ4v) is 4.08. The summed E-state index contributed by atoms with van der Waals surface area (Å²) in [5.74, 6) is -1.16. The topological polar surface area (TPSA) is 107 Å². The number of aromatic hydroxyl groups is 1. The van der Waals surface area contributed by atoms with Crippen LogP contribution in [0.2, 0.25) is 0 Å². The van der Waals surface area contributed by atoms with Crippen LogP contribution in [0.1, 0.15) is 43.6 Å². The zero-order valence-corrected chi connectivity index (χ0v) is 17.1. The van der Waals surface area contributed by atoms with Crippen molar-refractivity contribution in [1.82, 2.24) is 10.2 Å². The van der Waals surface area contributed by atoms with E-state index in [-0.39, 0.29) is 17.2 Å². The van der Waals surface area contributed by atoms with Crippen LogP contribution in [0, 0.1) is 6.92 Å². The average molecular weight is 425 g/mol. The van der Waals surface area contributed by atoms with Crippen LogP contribution in [-0.2, 0) is 0 Å². The van der Waals surface area contributed by atoms with Crippen LogP contribution in [0.5, 0.6) is 5.75 Å². The predicted molar refractivity (Wildman–Crippen MR) is 119 cm³/mol. The largest absolute Gasteiger partial charge is 0.508 e. The average Bonchev–Trinajstić information content (AvgIpc) is 3.34. The molecule has 0 saturated carbocycles. The molecule has 7 nitrogen and oxygen atoms in total. The molecule has 7 heteroatoms. The fraction of sp³-hybridized carbons (Fsp3) is 0.0800. The van der Waals surface area contributed by atoms with Gasteiger partial charge in [0, 0.05) is 16.8 Å². The standard InChI is InChI=1S/C25H19N3O4/c1-14-2-4-15(5-3-14)21-20-22(27-26-21)24(30)28(18-10-6-17(7-11-18)25(31)32)23(20)16-8-12-19(29)13-9-16/h2-13,23,29H,1H3,(H,26,27)(H,31,32)/t23-/m1/s1. The first-order valence-corrected chi connectivity index (χ1v) is 10.0. The lowest BCUT2D eigenvalue weighted by molar-refractivity contribution is 0.0696. The van der Waals surface area contributed by atoms with E-state index in [1.54, 1.807) is 41.3 Å². The number of carboxylic acid groups (broad SMARTS) is 1. The SMILES string of the molecule is Cc1ccc(-c2n[nH]c3c2[C@@H](c2ccc(O)cc2)N(c2ccc(C(=O)O)cc2)C3=O)cc1. The van der Waals surface area contributed by atoms with Crippen LogP contribution in [0.25, 0.3) is 11.3 Å². The van der Waals surface area contributed by atoms with E-state index >= 15 is 0 Å². The molecule has 3 aromatic carbocycles. The lowest BCUT2D eigenvalue weighted by Crippen LogP contribution is -2.29. The third-order valence-corrected chi connectivity index (χ3v) is 5.69. The number of hydrogen-bond acceptors (Lipinski definition) is 4. The van der Waals surface area contributed by atoms with E-state index in [1.807, 2.05) is 31.2 Å².